The lowest BCUT2D eigenvalue weighted by atomic mass is 10.0. The summed E-state index contributed by atoms with van der Waals surface area (Å²) in [6, 6.07) is 16.4. The fourth-order valence-corrected chi connectivity index (χ4v) is 6.46. The van der Waals surface area contributed by atoms with Crippen LogP contribution < -0.4 is 15.5 Å². The summed E-state index contributed by atoms with van der Waals surface area (Å²) in [6.45, 7) is 6.06. The summed E-state index contributed by atoms with van der Waals surface area (Å²) in [5, 5.41) is 7.15. The summed E-state index contributed by atoms with van der Waals surface area (Å²) < 4.78 is 30.2. The number of aromatic nitrogens is 3. The summed E-state index contributed by atoms with van der Waals surface area (Å²) >= 11 is 0. The summed E-state index contributed by atoms with van der Waals surface area (Å²) in [5.41, 5.74) is 3.63. The van der Waals surface area contributed by atoms with Crippen LogP contribution in [-0.4, -0.2) is 73.9 Å². The first-order chi connectivity index (χ1) is 19.7. The highest BCUT2D eigenvalue weighted by Crippen LogP contribution is 2.31. The zero-order chi connectivity index (χ0) is 28.6. The third-order valence-corrected chi connectivity index (χ3v) is 8.92. The van der Waals surface area contributed by atoms with Gasteiger partial charge in [0.15, 0.2) is 9.84 Å². The van der Waals surface area contributed by atoms with Crippen LogP contribution in [0.25, 0.3) is 22.3 Å². The van der Waals surface area contributed by atoms with Crippen molar-refractivity contribution in [3.63, 3.8) is 0 Å². The molecule has 2 N–H and O–H groups in total. The largest absolute Gasteiger partial charge is 0.370 e. The molecular weight excluding hydrogens is 540 g/mol. The SMILES string of the molecule is Cc1ccc(C(=O)NCc2cc3nc(-c4cccc(N5CCC6(CNCCO6)C5)n4)ccc3cn2)cc1S(C)(=O)=O. The van der Waals surface area contributed by atoms with Gasteiger partial charge in [0.1, 0.15) is 5.82 Å². The average Bonchev–Trinajstić information content (AvgIpc) is 3.38. The highest BCUT2D eigenvalue weighted by atomic mass is 32.2. The predicted molar refractivity (Wildman–Crippen MR) is 157 cm³/mol. The molecule has 2 aliphatic heterocycles. The van der Waals surface area contributed by atoms with E-state index in [1.165, 1.54) is 6.07 Å². The maximum atomic E-state index is 12.8. The first-order valence-corrected chi connectivity index (χ1v) is 15.5. The quantitative estimate of drug-likeness (QED) is 0.359. The second-order valence-electron chi connectivity index (χ2n) is 10.8. The molecule has 5 heterocycles. The van der Waals surface area contributed by atoms with Crippen LogP contribution in [0.4, 0.5) is 5.82 Å². The van der Waals surface area contributed by atoms with E-state index in [0.29, 0.717) is 11.3 Å². The van der Waals surface area contributed by atoms with E-state index in [2.05, 4.69) is 20.5 Å². The lowest BCUT2D eigenvalue weighted by Crippen LogP contribution is -2.51. The number of sulfone groups is 1. The van der Waals surface area contributed by atoms with Crippen molar-refractivity contribution in [2.24, 2.45) is 0 Å². The van der Waals surface area contributed by atoms with E-state index in [4.69, 9.17) is 14.7 Å². The number of pyridine rings is 3. The number of hydrogen-bond donors (Lipinski definition) is 2. The van der Waals surface area contributed by atoms with E-state index in [1.54, 1.807) is 25.3 Å². The van der Waals surface area contributed by atoms with Gasteiger partial charge in [-0.05, 0) is 61.4 Å². The lowest BCUT2D eigenvalue weighted by Gasteiger charge is -2.34. The number of nitrogens with zero attached hydrogens (tertiary/aromatic N) is 4. The number of amides is 1. The molecule has 212 valence electrons. The van der Waals surface area contributed by atoms with Gasteiger partial charge in [0.05, 0.1) is 46.2 Å². The number of anilines is 1. The molecule has 1 unspecified atom stereocenters. The van der Waals surface area contributed by atoms with E-state index >= 15 is 0 Å². The minimum Gasteiger partial charge on any atom is -0.370 e. The van der Waals surface area contributed by atoms with Crippen LogP contribution in [0.1, 0.15) is 28.0 Å². The monoisotopic (exact) mass is 572 g/mol. The number of nitrogens with one attached hydrogen (secondary N) is 2. The molecule has 0 bridgehead atoms. The van der Waals surface area contributed by atoms with E-state index in [-0.39, 0.29) is 28.5 Å². The Kier molecular flexibility index (Phi) is 7.18. The lowest BCUT2D eigenvalue weighted by molar-refractivity contribution is -0.0496. The molecule has 1 spiro atoms. The first kappa shape index (κ1) is 27.3. The molecule has 6 rings (SSSR count). The second kappa shape index (κ2) is 10.8. The fourth-order valence-electron chi connectivity index (χ4n) is 5.46. The Morgan fingerprint density at radius 1 is 1.12 bits per heavy atom. The van der Waals surface area contributed by atoms with Crippen molar-refractivity contribution < 1.29 is 17.9 Å². The van der Waals surface area contributed by atoms with Gasteiger partial charge in [-0.25, -0.2) is 18.4 Å². The van der Waals surface area contributed by atoms with E-state index in [1.807, 2.05) is 36.4 Å². The molecule has 0 radical (unpaired) electrons. The van der Waals surface area contributed by atoms with Gasteiger partial charge in [-0.2, -0.15) is 0 Å². The molecule has 1 amide bonds. The second-order valence-corrected chi connectivity index (χ2v) is 12.7. The third-order valence-electron chi connectivity index (χ3n) is 7.68. The highest BCUT2D eigenvalue weighted by molar-refractivity contribution is 7.90. The van der Waals surface area contributed by atoms with Gasteiger partial charge in [-0.3, -0.25) is 9.78 Å². The Morgan fingerprint density at radius 3 is 2.78 bits per heavy atom. The van der Waals surface area contributed by atoms with Gasteiger partial charge in [0, 0.05) is 49.6 Å². The van der Waals surface area contributed by atoms with Gasteiger partial charge in [0.2, 0.25) is 0 Å². The van der Waals surface area contributed by atoms with E-state index in [9.17, 15) is 13.2 Å². The van der Waals surface area contributed by atoms with Gasteiger partial charge < -0.3 is 20.3 Å². The molecule has 2 aliphatic rings. The molecule has 41 heavy (non-hydrogen) atoms. The Hall–Kier alpha value is -3.93. The van der Waals surface area contributed by atoms with Crippen LogP contribution >= 0.6 is 0 Å². The summed E-state index contributed by atoms with van der Waals surface area (Å²) in [5.74, 6) is 0.529. The Bertz CT molecular complexity index is 1740. The van der Waals surface area contributed by atoms with Crippen LogP contribution in [0.5, 0.6) is 0 Å². The first-order valence-electron chi connectivity index (χ1n) is 13.6. The molecule has 1 atom stereocenters. The predicted octanol–water partition coefficient (Wildman–Crippen LogP) is 2.90. The number of carbonyl (C=O) groups excluding carboxylic acids is 1. The van der Waals surface area contributed by atoms with Crippen molar-refractivity contribution in [2.45, 2.75) is 30.4 Å². The van der Waals surface area contributed by atoms with Crippen molar-refractivity contribution in [1.82, 2.24) is 25.6 Å². The van der Waals surface area contributed by atoms with Gasteiger partial charge >= 0.3 is 0 Å². The van der Waals surface area contributed by atoms with Crippen LogP contribution in [0.15, 0.2) is 65.7 Å². The van der Waals surface area contributed by atoms with Gasteiger partial charge in [-0.15, -0.1) is 0 Å². The van der Waals surface area contributed by atoms with Crippen LogP contribution in [0.3, 0.4) is 0 Å². The Labute approximate surface area is 239 Å². The van der Waals surface area contributed by atoms with Crippen LogP contribution in [0, 0.1) is 6.92 Å². The molecule has 0 aliphatic carbocycles. The molecule has 2 saturated heterocycles. The van der Waals surface area contributed by atoms with E-state index < -0.39 is 9.84 Å². The molecule has 3 aromatic heterocycles. The maximum absolute atomic E-state index is 12.8. The maximum Gasteiger partial charge on any atom is 0.251 e. The summed E-state index contributed by atoms with van der Waals surface area (Å²) in [4.78, 5) is 29.4. The molecule has 10 nitrogen and oxygen atoms in total. The number of ether oxygens (including phenoxy) is 1. The van der Waals surface area contributed by atoms with Crippen molar-refractivity contribution in [1.29, 1.82) is 0 Å². The number of benzene rings is 1. The minimum atomic E-state index is -3.44. The molecule has 1 aromatic carbocycles. The molecule has 0 saturated carbocycles. The number of morpholine rings is 1. The topological polar surface area (TPSA) is 126 Å². The Morgan fingerprint density at radius 2 is 1.98 bits per heavy atom. The number of fused-ring (bicyclic) bond motifs is 1. The molecular formula is C30H32N6O4S. The fraction of sp³-hybridized carbons (Fsp3) is 0.333. The van der Waals surface area contributed by atoms with Crippen molar-refractivity contribution in [3.8, 4) is 11.4 Å². The van der Waals surface area contributed by atoms with Gasteiger partial charge in [-0.1, -0.05) is 12.1 Å². The molecule has 2 fully saturated rings. The third kappa shape index (κ3) is 5.79. The minimum absolute atomic E-state index is 0.145. The van der Waals surface area contributed by atoms with Crippen molar-refractivity contribution in [3.05, 3.63) is 77.6 Å². The van der Waals surface area contributed by atoms with Crippen LogP contribution in [0.2, 0.25) is 0 Å². The molecule has 11 heteroatoms. The zero-order valence-electron chi connectivity index (χ0n) is 23.1. The standard InChI is InChI=1S/C30H32N6O4S/c1-20-6-7-21(14-27(20)41(2,38)39)29(37)33-17-23-15-26-22(16-32-23)8-9-25(34-26)24-4-3-5-28(35-24)36-12-10-30(19-36)18-31-11-13-40-30/h3-9,14-16,31H,10-13,17-19H2,1-2H3,(H,33,37). The number of hydrogen-bond acceptors (Lipinski definition) is 9. The summed E-state index contributed by atoms with van der Waals surface area (Å²) in [6.07, 6.45) is 3.83. The van der Waals surface area contributed by atoms with Crippen molar-refractivity contribution in [2.75, 3.05) is 43.9 Å². The summed E-state index contributed by atoms with van der Waals surface area (Å²) in [7, 11) is -3.44. The van der Waals surface area contributed by atoms with Crippen LogP contribution in [-0.2, 0) is 21.1 Å². The smallest absolute Gasteiger partial charge is 0.251 e. The normalized spacial score (nSPS) is 19.1. The highest BCUT2D eigenvalue weighted by Gasteiger charge is 2.40. The zero-order valence-corrected chi connectivity index (χ0v) is 23.9. The van der Waals surface area contributed by atoms with Crippen molar-refractivity contribution >= 4 is 32.5 Å². The van der Waals surface area contributed by atoms with Gasteiger partial charge in [0.25, 0.3) is 5.91 Å². The average molecular weight is 573 g/mol. The molecule has 4 aromatic rings. The Balaban J connectivity index is 1.18. The number of aryl methyl sites for hydroxylation is 1. The van der Waals surface area contributed by atoms with E-state index in [0.717, 1.165) is 73.6 Å². The number of carbonyl (C=O) groups is 1. The number of rotatable bonds is 6.